The number of rotatable bonds is 5. The standard InChI is InChI=1S/C14H22N4O3/c1-3-17(11-6-4-10(15)5-7-11)14-12(18(19)20)8-9-13(16-14)21-2/h8-11H,3-7,15H2,1-2H3. The van der Waals surface area contributed by atoms with Crippen LogP contribution in [0.25, 0.3) is 0 Å². The number of ether oxygens (including phenoxy) is 1. The van der Waals surface area contributed by atoms with Crippen molar-refractivity contribution in [3.05, 3.63) is 22.2 Å². The molecule has 116 valence electrons. The van der Waals surface area contributed by atoms with Crippen LogP contribution in [0.15, 0.2) is 12.1 Å². The normalized spacial score (nSPS) is 21.9. The lowest BCUT2D eigenvalue weighted by molar-refractivity contribution is -0.384. The molecule has 0 amide bonds. The average Bonchev–Trinajstić information content (AvgIpc) is 2.49. The number of aromatic nitrogens is 1. The molecule has 0 spiro atoms. The highest BCUT2D eigenvalue weighted by molar-refractivity contribution is 5.59. The summed E-state index contributed by atoms with van der Waals surface area (Å²) in [7, 11) is 1.51. The van der Waals surface area contributed by atoms with Crippen molar-refractivity contribution in [1.29, 1.82) is 0 Å². The van der Waals surface area contributed by atoms with Crippen molar-refractivity contribution >= 4 is 11.5 Å². The molecule has 0 bridgehead atoms. The molecule has 1 aliphatic carbocycles. The molecule has 0 saturated heterocycles. The van der Waals surface area contributed by atoms with E-state index in [1.807, 2.05) is 11.8 Å². The van der Waals surface area contributed by atoms with E-state index in [9.17, 15) is 10.1 Å². The van der Waals surface area contributed by atoms with E-state index in [1.54, 1.807) is 0 Å². The summed E-state index contributed by atoms with van der Waals surface area (Å²) in [6.07, 6.45) is 3.76. The van der Waals surface area contributed by atoms with E-state index in [0.717, 1.165) is 25.7 Å². The monoisotopic (exact) mass is 294 g/mol. The van der Waals surface area contributed by atoms with Crippen LogP contribution < -0.4 is 15.4 Å². The van der Waals surface area contributed by atoms with Gasteiger partial charge in [0.15, 0.2) is 0 Å². The van der Waals surface area contributed by atoms with Gasteiger partial charge in [-0.15, -0.1) is 0 Å². The van der Waals surface area contributed by atoms with Crippen molar-refractivity contribution in [3.63, 3.8) is 0 Å². The van der Waals surface area contributed by atoms with Gasteiger partial charge in [0.2, 0.25) is 11.7 Å². The molecule has 1 fully saturated rings. The van der Waals surface area contributed by atoms with Gasteiger partial charge >= 0.3 is 5.69 Å². The number of nitro groups is 1. The van der Waals surface area contributed by atoms with E-state index >= 15 is 0 Å². The average molecular weight is 294 g/mol. The Bertz CT molecular complexity index is 501. The molecule has 0 atom stereocenters. The summed E-state index contributed by atoms with van der Waals surface area (Å²) in [6.45, 7) is 2.65. The van der Waals surface area contributed by atoms with Crippen LogP contribution >= 0.6 is 0 Å². The topological polar surface area (TPSA) is 94.5 Å². The Labute approximate surface area is 124 Å². The Morgan fingerprint density at radius 2 is 2.10 bits per heavy atom. The molecule has 2 rings (SSSR count). The van der Waals surface area contributed by atoms with Crippen LogP contribution in [0.5, 0.6) is 5.88 Å². The van der Waals surface area contributed by atoms with Crippen LogP contribution in [0.2, 0.25) is 0 Å². The molecule has 1 aromatic heterocycles. The van der Waals surface area contributed by atoms with Gasteiger partial charge in [-0.1, -0.05) is 0 Å². The maximum absolute atomic E-state index is 11.3. The number of methoxy groups -OCH3 is 1. The van der Waals surface area contributed by atoms with Crippen LogP contribution in [0.1, 0.15) is 32.6 Å². The third kappa shape index (κ3) is 3.41. The zero-order valence-electron chi connectivity index (χ0n) is 12.5. The molecular weight excluding hydrogens is 272 g/mol. The maximum Gasteiger partial charge on any atom is 0.311 e. The van der Waals surface area contributed by atoms with Crippen molar-refractivity contribution in [2.45, 2.75) is 44.7 Å². The van der Waals surface area contributed by atoms with E-state index in [0.29, 0.717) is 18.2 Å². The lowest BCUT2D eigenvalue weighted by atomic mass is 9.90. The maximum atomic E-state index is 11.3. The zero-order chi connectivity index (χ0) is 15.4. The summed E-state index contributed by atoms with van der Waals surface area (Å²) in [6, 6.07) is 3.46. The van der Waals surface area contributed by atoms with Gasteiger partial charge in [-0.05, 0) is 32.6 Å². The number of pyridine rings is 1. The summed E-state index contributed by atoms with van der Waals surface area (Å²) >= 11 is 0. The fourth-order valence-corrected chi connectivity index (χ4v) is 2.89. The third-order valence-electron chi connectivity index (χ3n) is 4.03. The second-order valence-electron chi connectivity index (χ2n) is 5.31. The van der Waals surface area contributed by atoms with Gasteiger partial charge in [0.1, 0.15) is 0 Å². The Kier molecular flexibility index (Phi) is 4.95. The van der Waals surface area contributed by atoms with Crippen LogP contribution in [0.3, 0.4) is 0 Å². The Balaban J connectivity index is 2.33. The van der Waals surface area contributed by atoms with E-state index in [4.69, 9.17) is 10.5 Å². The quantitative estimate of drug-likeness (QED) is 0.660. The van der Waals surface area contributed by atoms with Gasteiger partial charge in [-0.25, -0.2) is 0 Å². The molecule has 0 radical (unpaired) electrons. The lowest BCUT2D eigenvalue weighted by Crippen LogP contribution is -2.41. The van der Waals surface area contributed by atoms with Gasteiger partial charge in [0, 0.05) is 30.8 Å². The second-order valence-corrected chi connectivity index (χ2v) is 5.31. The predicted molar refractivity (Wildman–Crippen MR) is 80.7 cm³/mol. The SMILES string of the molecule is CCN(c1nc(OC)ccc1[N+](=O)[O-])C1CCC(N)CC1. The largest absolute Gasteiger partial charge is 0.481 e. The Hall–Kier alpha value is -1.89. The molecule has 2 N–H and O–H groups in total. The van der Waals surface area contributed by atoms with Crippen molar-refractivity contribution in [2.24, 2.45) is 5.73 Å². The van der Waals surface area contributed by atoms with E-state index in [-0.39, 0.29) is 22.7 Å². The first-order valence-electron chi connectivity index (χ1n) is 7.28. The number of hydrogen-bond acceptors (Lipinski definition) is 6. The van der Waals surface area contributed by atoms with Crippen molar-refractivity contribution in [1.82, 2.24) is 4.98 Å². The van der Waals surface area contributed by atoms with Gasteiger partial charge in [-0.3, -0.25) is 10.1 Å². The molecule has 7 heteroatoms. The molecule has 0 aromatic carbocycles. The lowest BCUT2D eigenvalue weighted by Gasteiger charge is -2.35. The van der Waals surface area contributed by atoms with E-state index in [2.05, 4.69) is 4.98 Å². The second kappa shape index (κ2) is 6.71. The minimum atomic E-state index is -0.390. The van der Waals surface area contributed by atoms with Crippen molar-refractivity contribution in [3.8, 4) is 5.88 Å². The minimum Gasteiger partial charge on any atom is -0.481 e. The van der Waals surface area contributed by atoms with Gasteiger partial charge < -0.3 is 15.4 Å². The molecule has 1 aromatic rings. The number of hydrogen-bond donors (Lipinski definition) is 1. The first-order chi connectivity index (χ1) is 10.1. The Morgan fingerprint density at radius 3 is 2.62 bits per heavy atom. The number of anilines is 1. The molecule has 0 aliphatic heterocycles. The number of nitrogens with two attached hydrogens (primary N) is 1. The summed E-state index contributed by atoms with van der Waals surface area (Å²) in [4.78, 5) is 17.2. The zero-order valence-corrected chi connectivity index (χ0v) is 12.5. The van der Waals surface area contributed by atoms with E-state index in [1.165, 1.54) is 19.2 Å². The van der Waals surface area contributed by atoms with Gasteiger partial charge in [-0.2, -0.15) is 4.98 Å². The smallest absolute Gasteiger partial charge is 0.311 e. The fraction of sp³-hybridized carbons (Fsp3) is 0.643. The summed E-state index contributed by atoms with van der Waals surface area (Å²) < 4.78 is 5.11. The van der Waals surface area contributed by atoms with Crippen LogP contribution in [0.4, 0.5) is 11.5 Å². The van der Waals surface area contributed by atoms with Crippen LogP contribution in [-0.2, 0) is 0 Å². The highest BCUT2D eigenvalue weighted by Crippen LogP contribution is 2.33. The molecule has 0 unspecified atom stereocenters. The van der Waals surface area contributed by atoms with Crippen LogP contribution in [0, 0.1) is 10.1 Å². The Morgan fingerprint density at radius 1 is 1.43 bits per heavy atom. The highest BCUT2D eigenvalue weighted by Gasteiger charge is 2.29. The first-order valence-corrected chi connectivity index (χ1v) is 7.28. The number of nitrogens with zero attached hydrogens (tertiary/aromatic N) is 3. The fourth-order valence-electron chi connectivity index (χ4n) is 2.89. The van der Waals surface area contributed by atoms with Crippen molar-refractivity contribution < 1.29 is 9.66 Å². The first kappa shape index (κ1) is 15.5. The predicted octanol–water partition coefficient (Wildman–Crippen LogP) is 2.09. The van der Waals surface area contributed by atoms with E-state index < -0.39 is 0 Å². The van der Waals surface area contributed by atoms with Crippen LogP contribution in [-0.4, -0.2) is 35.6 Å². The highest BCUT2D eigenvalue weighted by atomic mass is 16.6. The third-order valence-corrected chi connectivity index (χ3v) is 4.03. The summed E-state index contributed by atoms with van der Waals surface area (Å²) in [5, 5.41) is 11.3. The molecule has 7 nitrogen and oxygen atoms in total. The summed E-state index contributed by atoms with van der Waals surface area (Å²) in [5.74, 6) is 0.781. The van der Waals surface area contributed by atoms with Crippen molar-refractivity contribution in [2.75, 3.05) is 18.6 Å². The minimum absolute atomic E-state index is 0.0209. The molecule has 1 aliphatic rings. The van der Waals surface area contributed by atoms with Gasteiger partial charge in [0.05, 0.1) is 12.0 Å². The molecule has 21 heavy (non-hydrogen) atoms. The molecule has 1 saturated carbocycles. The molecular formula is C14H22N4O3. The van der Waals surface area contributed by atoms with Gasteiger partial charge in [0.25, 0.3) is 0 Å². The molecule has 1 heterocycles. The summed E-state index contributed by atoms with van der Waals surface area (Å²) in [5.41, 5.74) is 5.96.